The van der Waals surface area contributed by atoms with Gasteiger partial charge in [0.25, 0.3) is 0 Å². The fourth-order valence-electron chi connectivity index (χ4n) is 2.24. The number of halogens is 1. The average molecular weight is 364 g/mol. The van der Waals surface area contributed by atoms with Gasteiger partial charge in [0, 0.05) is 5.33 Å². The van der Waals surface area contributed by atoms with Crippen molar-refractivity contribution in [2.45, 2.75) is 77.0 Å². The molecule has 1 amide bonds. The first kappa shape index (κ1) is 18.3. The third-order valence-electron chi connectivity index (χ3n) is 3.21. The Morgan fingerprint density at radius 2 is 1.86 bits per heavy atom. The Balaban J connectivity index is 2.50. The first-order valence-corrected chi connectivity index (χ1v) is 8.70. The molecule has 1 atom stereocenters. The Bertz CT molecular complexity index is 348. The highest BCUT2D eigenvalue weighted by molar-refractivity contribution is 9.09. The molecule has 0 aromatic heterocycles. The van der Waals surface area contributed by atoms with Gasteiger partial charge in [0.15, 0.2) is 0 Å². The standard InChI is InChI=1S/C15H26BrNO4/c1-15(2,3)21-14(19)17-12(9-10-16)13(18)20-11-7-5-4-6-8-11/h11-12H,4-10H2,1-3H3,(H,17,19)/t12-/m0/s1. The number of ether oxygens (including phenoxy) is 2. The Morgan fingerprint density at radius 1 is 1.24 bits per heavy atom. The zero-order valence-electron chi connectivity index (χ0n) is 13.1. The summed E-state index contributed by atoms with van der Waals surface area (Å²) < 4.78 is 10.7. The van der Waals surface area contributed by atoms with Gasteiger partial charge in [-0.25, -0.2) is 9.59 Å². The van der Waals surface area contributed by atoms with Crippen LogP contribution in [0, 0.1) is 0 Å². The third-order valence-corrected chi connectivity index (χ3v) is 3.67. The summed E-state index contributed by atoms with van der Waals surface area (Å²) in [6, 6.07) is -0.666. The van der Waals surface area contributed by atoms with E-state index in [1.807, 2.05) is 0 Å². The van der Waals surface area contributed by atoms with E-state index in [4.69, 9.17) is 9.47 Å². The van der Waals surface area contributed by atoms with Crippen molar-refractivity contribution in [2.75, 3.05) is 5.33 Å². The molecule has 1 aliphatic rings. The third kappa shape index (κ3) is 7.69. The minimum absolute atomic E-state index is 0.00971. The molecule has 0 radical (unpaired) electrons. The maximum atomic E-state index is 12.2. The lowest BCUT2D eigenvalue weighted by Gasteiger charge is -2.26. The van der Waals surface area contributed by atoms with Crippen LogP contribution in [-0.4, -0.2) is 35.1 Å². The van der Waals surface area contributed by atoms with E-state index >= 15 is 0 Å². The largest absolute Gasteiger partial charge is 0.461 e. The summed E-state index contributed by atoms with van der Waals surface area (Å²) in [5, 5.41) is 3.20. The molecule has 1 rings (SSSR count). The lowest BCUT2D eigenvalue weighted by atomic mass is 9.98. The molecule has 1 saturated carbocycles. The Hall–Kier alpha value is -0.780. The topological polar surface area (TPSA) is 64.6 Å². The minimum Gasteiger partial charge on any atom is -0.461 e. The molecular formula is C15H26BrNO4. The number of alkyl carbamates (subject to hydrolysis) is 1. The molecule has 1 N–H and O–H groups in total. The minimum atomic E-state index is -0.666. The molecular weight excluding hydrogens is 338 g/mol. The average Bonchev–Trinajstić information content (AvgIpc) is 2.37. The lowest BCUT2D eigenvalue weighted by molar-refractivity contribution is -0.153. The van der Waals surface area contributed by atoms with Gasteiger partial charge in [-0.05, 0) is 52.9 Å². The van der Waals surface area contributed by atoms with Gasteiger partial charge in [0.2, 0.25) is 0 Å². The van der Waals surface area contributed by atoms with Crippen molar-refractivity contribution in [3.8, 4) is 0 Å². The van der Waals surface area contributed by atoms with Crippen LogP contribution >= 0.6 is 15.9 Å². The lowest BCUT2D eigenvalue weighted by Crippen LogP contribution is -2.45. The van der Waals surface area contributed by atoms with Crippen molar-refractivity contribution in [3.63, 3.8) is 0 Å². The predicted octanol–water partition coefficient (Wildman–Crippen LogP) is 3.54. The smallest absolute Gasteiger partial charge is 0.408 e. The van der Waals surface area contributed by atoms with E-state index in [1.54, 1.807) is 20.8 Å². The Morgan fingerprint density at radius 3 is 2.38 bits per heavy atom. The van der Waals surface area contributed by atoms with Gasteiger partial charge in [0.1, 0.15) is 17.7 Å². The number of carbonyl (C=O) groups excluding carboxylic acids is 2. The number of rotatable bonds is 5. The molecule has 0 bridgehead atoms. The Kier molecular flexibility index (Phi) is 7.49. The summed E-state index contributed by atoms with van der Waals surface area (Å²) in [6.07, 6.45) is 5.11. The normalized spacial score (nSPS) is 17.9. The molecule has 0 aromatic rings. The van der Waals surface area contributed by atoms with Gasteiger partial charge >= 0.3 is 12.1 Å². The van der Waals surface area contributed by atoms with Gasteiger partial charge in [-0.2, -0.15) is 0 Å². The second-order valence-corrected chi connectivity index (χ2v) is 7.17. The molecule has 0 aromatic carbocycles. The van der Waals surface area contributed by atoms with Crippen LogP contribution in [-0.2, 0) is 14.3 Å². The van der Waals surface area contributed by atoms with Gasteiger partial charge in [-0.15, -0.1) is 0 Å². The van der Waals surface area contributed by atoms with Crippen LogP contribution in [0.5, 0.6) is 0 Å². The van der Waals surface area contributed by atoms with Gasteiger partial charge in [0.05, 0.1) is 0 Å². The van der Waals surface area contributed by atoms with Crippen molar-refractivity contribution in [1.82, 2.24) is 5.32 Å². The van der Waals surface area contributed by atoms with E-state index in [0.717, 1.165) is 25.7 Å². The second-order valence-electron chi connectivity index (χ2n) is 6.37. The van der Waals surface area contributed by atoms with Gasteiger partial charge < -0.3 is 14.8 Å². The van der Waals surface area contributed by atoms with E-state index in [9.17, 15) is 9.59 Å². The van der Waals surface area contributed by atoms with Crippen LogP contribution in [0.1, 0.15) is 59.3 Å². The fourth-order valence-corrected chi connectivity index (χ4v) is 2.70. The second kappa shape index (κ2) is 8.61. The van der Waals surface area contributed by atoms with E-state index in [1.165, 1.54) is 6.42 Å². The van der Waals surface area contributed by atoms with E-state index in [-0.39, 0.29) is 12.1 Å². The first-order valence-electron chi connectivity index (χ1n) is 7.58. The molecule has 21 heavy (non-hydrogen) atoms. The zero-order valence-corrected chi connectivity index (χ0v) is 14.7. The molecule has 0 unspecified atom stereocenters. The van der Waals surface area contributed by atoms with E-state index in [0.29, 0.717) is 11.8 Å². The summed E-state index contributed by atoms with van der Waals surface area (Å²) in [5.74, 6) is -0.368. The summed E-state index contributed by atoms with van der Waals surface area (Å²) in [5.41, 5.74) is -0.587. The first-order chi connectivity index (χ1) is 9.81. The number of esters is 1. The van der Waals surface area contributed by atoms with Crippen LogP contribution < -0.4 is 5.32 Å². The molecule has 6 heteroatoms. The maximum absolute atomic E-state index is 12.2. The molecule has 1 aliphatic carbocycles. The number of nitrogens with one attached hydrogen (secondary N) is 1. The molecule has 0 spiro atoms. The van der Waals surface area contributed by atoms with Crippen molar-refractivity contribution >= 4 is 28.0 Å². The monoisotopic (exact) mass is 363 g/mol. The SMILES string of the molecule is CC(C)(C)OC(=O)N[C@@H](CCBr)C(=O)OC1CCCCC1. The van der Waals surface area contributed by atoms with E-state index in [2.05, 4.69) is 21.2 Å². The molecule has 0 aliphatic heterocycles. The van der Waals surface area contributed by atoms with Crippen molar-refractivity contribution < 1.29 is 19.1 Å². The van der Waals surface area contributed by atoms with Crippen LogP contribution in [0.3, 0.4) is 0 Å². The fraction of sp³-hybridized carbons (Fsp3) is 0.867. The van der Waals surface area contributed by atoms with Crippen LogP contribution in [0.2, 0.25) is 0 Å². The quantitative estimate of drug-likeness (QED) is 0.599. The van der Waals surface area contributed by atoms with Gasteiger partial charge in [-0.3, -0.25) is 0 Å². The number of alkyl halides is 1. The predicted molar refractivity (Wildman–Crippen MR) is 84.5 cm³/mol. The molecule has 122 valence electrons. The van der Waals surface area contributed by atoms with Crippen molar-refractivity contribution in [2.24, 2.45) is 0 Å². The van der Waals surface area contributed by atoms with E-state index < -0.39 is 17.7 Å². The Labute approximate surface area is 135 Å². The molecule has 1 fully saturated rings. The van der Waals surface area contributed by atoms with Gasteiger partial charge in [-0.1, -0.05) is 22.4 Å². The highest BCUT2D eigenvalue weighted by Gasteiger charge is 2.27. The van der Waals surface area contributed by atoms with Crippen molar-refractivity contribution in [1.29, 1.82) is 0 Å². The van der Waals surface area contributed by atoms with Crippen molar-refractivity contribution in [3.05, 3.63) is 0 Å². The van der Waals surface area contributed by atoms with Crippen LogP contribution in [0.25, 0.3) is 0 Å². The maximum Gasteiger partial charge on any atom is 0.408 e. The highest BCUT2D eigenvalue weighted by Crippen LogP contribution is 2.21. The number of amides is 1. The van der Waals surface area contributed by atoms with Crippen LogP contribution in [0.15, 0.2) is 0 Å². The molecule has 0 saturated heterocycles. The number of carbonyl (C=O) groups is 2. The number of hydrogen-bond acceptors (Lipinski definition) is 4. The summed E-state index contributed by atoms with van der Waals surface area (Å²) in [6.45, 7) is 5.35. The summed E-state index contributed by atoms with van der Waals surface area (Å²) in [7, 11) is 0. The highest BCUT2D eigenvalue weighted by atomic mass is 79.9. The van der Waals surface area contributed by atoms with Crippen LogP contribution in [0.4, 0.5) is 4.79 Å². The summed E-state index contributed by atoms with van der Waals surface area (Å²) >= 11 is 3.29. The summed E-state index contributed by atoms with van der Waals surface area (Å²) in [4.78, 5) is 24.0. The molecule has 5 nitrogen and oxygen atoms in total. The number of hydrogen-bond donors (Lipinski definition) is 1. The zero-order chi connectivity index (χ0) is 15.9. The molecule has 0 heterocycles.